The normalized spacial score (nSPS) is 13.7. The summed E-state index contributed by atoms with van der Waals surface area (Å²) in [5, 5.41) is 17.9. The number of anilines is 1. The largest absolute Gasteiger partial charge is 0.334 e. The summed E-state index contributed by atoms with van der Waals surface area (Å²) in [7, 11) is 0. The monoisotopic (exact) mass is 398 g/mol. The van der Waals surface area contributed by atoms with E-state index in [0.29, 0.717) is 12.5 Å². The summed E-state index contributed by atoms with van der Waals surface area (Å²) in [4.78, 5) is 16.2. The molecule has 1 aliphatic rings. The van der Waals surface area contributed by atoms with Crippen molar-refractivity contribution >= 4 is 22.6 Å². The van der Waals surface area contributed by atoms with Gasteiger partial charge >= 0.3 is 6.03 Å². The van der Waals surface area contributed by atoms with Crippen molar-refractivity contribution in [3.63, 3.8) is 0 Å². The standard InChI is InChI=1S/C23H22N6O/c30-23(26-12-15-3-2-10-24-11-15)27-18-8-6-16(7-9-18)22-21-19(17-13-25-14-17)4-1-5-20(21)28-29-22/h1-11,17,25H,12-14H2,(H,28,29)(H2,26,27,30). The van der Waals surface area contributed by atoms with E-state index in [9.17, 15) is 4.79 Å². The molecule has 7 heteroatoms. The van der Waals surface area contributed by atoms with Crippen molar-refractivity contribution in [2.24, 2.45) is 0 Å². The molecule has 0 saturated carbocycles. The van der Waals surface area contributed by atoms with Gasteiger partial charge in [0.1, 0.15) is 5.69 Å². The van der Waals surface area contributed by atoms with Crippen LogP contribution in [0.25, 0.3) is 22.2 Å². The third-order valence-electron chi connectivity index (χ3n) is 5.44. The van der Waals surface area contributed by atoms with E-state index in [1.165, 1.54) is 10.9 Å². The highest BCUT2D eigenvalue weighted by molar-refractivity contribution is 5.96. The summed E-state index contributed by atoms with van der Waals surface area (Å²) in [6.45, 7) is 2.43. The van der Waals surface area contributed by atoms with Gasteiger partial charge in [0.2, 0.25) is 0 Å². The first-order valence-corrected chi connectivity index (χ1v) is 10.00. The average molecular weight is 398 g/mol. The van der Waals surface area contributed by atoms with Crippen molar-refractivity contribution in [3.8, 4) is 11.3 Å². The number of fused-ring (bicyclic) bond motifs is 1. The van der Waals surface area contributed by atoms with Crippen LogP contribution in [0.2, 0.25) is 0 Å². The van der Waals surface area contributed by atoms with Crippen LogP contribution >= 0.6 is 0 Å². The summed E-state index contributed by atoms with van der Waals surface area (Å²) in [6.07, 6.45) is 3.44. The van der Waals surface area contributed by atoms with Gasteiger partial charge in [-0.05, 0) is 35.4 Å². The first-order chi connectivity index (χ1) is 14.8. The molecule has 1 saturated heterocycles. The second-order valence-electron chi connectivity index (χ2n) is 7.44. The van der Waals surface area contributed by atoms with E-state index in [-0.39, 0.29) is 6.03 Å². The highest BCUT2D eigenvalue weighted by atomic mass is 16.2. The summed E-state index contributed by atoms with van der Waals surface area (Å²) >= 11 is 0. The Morgan fingerprint density at radius 3 is 2.67 bits per heavy atom. The van der Waals surface area contributed by atoms with Crippen LogP contribution in [0.3, 0.4) is 0 Å². The smallest absolute Gasteiger partial charge is 0.319 e. The van der Waals surface area contributed by atoms with Gasteiger partial charge in [-0.25, -0.2) is 4.79 Å². The van der Waals surface area contributed by atoms with Gasteiger partial charge in [-0.1, -0.05) is 30.3 Å². The maximum absolute atomic E-state index is 12.2. The Morgan fingerprint density at radius 1 is 1.07 bits per heavy atom. The minimum atomic E-state index is -0.253. The molecule has 0 atom stereocenters. The Labute approximate surface area is 173 Å². The highest BCUT2D eigenvalue weighted by Gasteiger charge is 2.23. The molecule has 4 aromatic rings. The van der Waals surface area contributed by atoms with Crippen LogP contribution in [0.5, 0.6) is 0 Å². The van der Waals surface area contributed by atoms with E-state index in [2.05, 4.69) is 49.3 Å². The van der Waals surface area contributed by atoms with Gasteiger partial charge in [0, 0.05) is 54.6 Å². The van der Waals surface area contributed by atoms with Crippen LogP contribution in [0.1, 0.15) is 17.0 Å². The lowest BCUT2D eigenvalue weighted by Gasteiger charge is -2.28. The molecule has 3 heterocycles. The van der Waals surface area contributed by atoms with Crippen LogP contribution in [0.15, 0.2) is 67.0 Å². The third kappa shape index (κ3) is 3.62. The van der Waals surface area contributed by atoms with Gasteiger partial charge in [0.15, 0.2) is 0 Å². The lowest BCUT2D eigenvalue weighted by Crippen LogP contribution is -2.39. The first kappa shape index (κ1) is 18.3. The number of pyridine rings is 1. The summed E-state index contributed by atoms with van der Waals surface area (Å²) in [5.41, 5.74) is 6.01. The molecule has 7 nitrogen and oxygen atoms in total. The average Bonchev–Trinajstić information content (AvgIpc) is 3.18. The molecule has 30 heavy (non-hydrogen) atoms. The van der Waals surface area contributed by atoms with Crippen LogP contribution in [-0.2, 0) is 6.54 Å². The van der Waals surface area contributed by atoms with Gasteiger partial charge in [-0.3, -0.25) is 10.1 Å². The van der Waals surface area contributed by atoms with Crippen molar-refractivity contribution in [1.82, 2.24) is 25.8 Å². The Morgan fingerprint density at radius 2 is 1.93 bits per heavy atom. The molecule has 1 aliphatic heterocycles. The highest BCUT2D eigenvalue weighted by Crippen LogP contribution is 2.34. The minimum Gasteiger partial charge on any atom is -0.334 e. The Balaban J connectivity index is 1.31. The maximum Gasteiger partial charge on any atom is 0.319 e. The van der Waals surface area contributed by atoms with Gasteiger partial charge in [0.05, 0.1) is 5.52 Å². The van der Waals surface area contributed by atoms with E-state index < -0.39 is 0 Å². The third-order valence-corrected chi connectivity index (χ3v) is 5.44. The quantitative estimate of drug-likeness (QED) is 0.413. The number of aromatic amines is 1. The molecular formula is C23H22N6O. The predicted octanol–water partition coefficient (Wildman–Crippen LogP) is 3.63. The Kier molecular flexibility index (Phi) is 4.86. The number of nitrogens with one attached hydrogen (secondary N) is 4. The molecule has 0 aliphatic carbocycles. The maximum atomic E-state index is 12.2. The minimum absolute atomic E-state index is 0.253. The van der Waals surface area contributed by atoms with Crippen LogP contribution in [0.4, 0.5) is 10.5 Å². The fourth-order valence-corrected chi connectivity index (χ4v) is 3.73. The lowest BCUT2D eigenvalue weighted by molar-refractivity contribution is 0.251. The molecule has 150 valence electrons. The molecule has 0 bridgehead atoms. The van der Waals surface area contributed by atoms with Crippen LogP contribution in [0, 0.1) is 0 Å². The van der Waals surface area contributed by atoms with Crippen molar-refractivity contribution < 1.29 is 4.79 Å². The number of carbonyl (C=O) groups excluding carboxylic acids is 1. The zero-order valence-electron chi connectivity index (χ0n) is 16.4. The van der Waals surface area contributed by atoms with Crippen molar-refractivity contribution in [2.75, 3.05) is 18.4 Å². The Bertz CT molecular complexity index is 1170. The molecule has 0 unspecified atom stereocenters. The molecule has 0 radical (unpaired) electrons. The van der Waals surface area contributed by atoms with Crippen LogP contribution < -0.4 is 16.0 Å². The number of H-pyrrole nitrogens is 1. The van der Waals surface area contributed by atoms with Gasteiger partial charge in [0.25, 0.3) is 0 Å². The summed E-state index contributed by atoms with van der Waals surface area (Å²) in [5.74, 6) is 0.523. The van der Waals surface area contributed by atoms with E-state index in [1.54, 1.807) is 12.4 Å². The van der Waals surface area contributed by atoms with E-state index in [0.717, 1.165) is 41.1 Å². The number of nitrogens with zero attached hydrogens (tertiary/aromatic N) is 2. The molecule has 4 N–H and O–H groups in total. The summed E-state index contributed by atoms with van der Waals surface area (Å²) in [6, 6.07) is 17.6. The van der Waals surface area contributed by atoms with Crippen molar-refractivity contribution in [1.29, 1.82) is 0 Å². The Hall–Kier alpha value is -3.71. The van der Waals surface area contributed by atoms with E-state index in [4.69, 9.17) is 0 Å². The van der Waals surface area contributed by atoms with Crippen LogP contribution in [-0.4, -0.2) is 34.3 Å². The first-order valence-electron chi connectivity index (χ1n) is 10.00. The number of amides is 2. The van der Waals surface area contributed by atoms with Crippen molar-refractivity contribution in [3.05, 3.63) is 78.1 Å². The molecule has 1 fully saturated rings. The van der Waals surface area contributed by atoms with Gasteiger partial charge in [-0.2, -0.15) is 5.10 Å². The van der Waals surface area contributed by atoms with Crippen molar-refractivity contribution in [2.45, 2.75) is 12.5 Å². The fourth-order valence-electron chi connectivity index (χ4n) is 3.73. The second-order valence-corrected chi connectivity index (χ2v) is 7.44. The zero-order valence-corrected chi connectivity index (χ0v) is 16.4. The predicted molar refractivity (Wildman–Crippen MR) is 117 cm³/mol. The number of hydrogen-bond acceptors (Lipinski definition) is 4. The lowest BCUT2D eigenvalue weighted by atomic mass is 9.89. The number of aromatic nitrogens is 3. The zero-order chi connectivity index (χ0) is 20.3. The molecule has 0 spiro atoms. The van der Waals surface area contributed by atoms with Gasteiger partial charge in [-0.15, -0.1) is 0 Å². The van der Waals surface area contributed by atoms with E-state index >= 15 is 0 Å². The number of carbonyl (C=O) groups is 1. The molecule has 2 amide bonds. The summed E-state index contributed by atoms with van der Waals surface area (Å²) < 4.78 is 0. The number of urea groups is 1. The van der Waals surface area contributed by atoms with Gasteiger partial charge < -0.3 is 16.0 Å². The SMILES string of the molecule is O=C(NCc1cccnc1)Nc1ccc(-c2n[nH]c3cccc(C4CNC4)c23)cc1. The second kappa shape index (κ2) is 7.96. The molecule has 2 aromatic carbocycles. The number of rotatable bonds is 5. The number of hydrogen-bond donors (Lipinski definition) is 4. The molecular weight excluding hydrogens is 376 g/mol. The molecule has 2 aromatic heterocycles. The fraction of sp³-hybridized carbons (Fsp3) is 0.174. The molecule has 5 rings (SSSR count). The van der Waals surface area contributed by atoms with E-state index in [1.807, 2.05) is 36.4 Å². The number of benzene rings is 2. The topological polar surface area (TPSA) is 94.7 Å².